The summed E-state index contributed by atoms with van der Waals surface area (Å²) in [4.78, 5) is 14.2. The highest BCUT2D eigenvalue weighted by molar-refractivity contribution is 7.90. The Bertz CT molecular complexity index is 1410. The van der Waals surface area contributed by atoms with E-state index in [4.69, 9.17) is 10.5 Å². The van der Waals surface area contributed by atoms with Gasteiger partial charge in [-0.05, 0) is 18.2 Å². The summed E-state index contributed by atoms with van der Waals surface area (Å²) in [7, 11) is -0.353. The van der Waals surface area contributed by atoms with E-state index in [1.54, 1.807) is 18.0 Å². The van der Waals surface area contributed by atoms with Crippen LogP contribution in [-0.2, 0) is 9.84 Å². The van der Waals surface area contributed by atoms with E-state index in [1.807, 2.05) is 0 Å². The standard InChI is InChI=1S/C19H18FN7O3S/c1-27(11-5-12(30-2)7-13(6-11)31(3,28)29)19-23-9-15(17(21)24-19)16-14-4-10(20)8-22-18(14)26-25-16/h4-9H,1-3H3,(H2,21,23,24)(H,22,25,26). The zero-order valence-electron chi connectivity index (χ0n) is 16.8. The minimum absolute atomic E-state index is 0.0933. The van der Waals surface area contributed by atoms with Gasteiger partial charge < -0.3 is 15.4 Å². The zero-order chi connectivity index (χ0) is 22.3. The fourth-order valence-corrected chi connectivity index (χ4v) is 3.68. The maximum Gasteiger partial charge on any atom is 0.231 e. The quantitative estimate of drug-likeness (QED) is 0.475. The van der Waals surface area contributed by atoms with Gasteiger partial charge in [0.05, 0.1) is 23.8 Å². The van der Waals surface area contributed by atoms with Gasteiger partial charge in [0.25, 0.3) is 0 Å². The average Bonchev–Trinajstić information content (AvgIpc) is 3.14. The summed E-state index contributed by atoms with van der Waals surface area (Å²) in [5, 5.41) is 7.31. The van der Waals surface area contributed by atoms with Crippen LogP contribution >= 0.6 is 0 Å². The number of fused-ring (bicyclic) bond motifs is 1. The number of hydrogen-bond acceptors (Lipinski definition) is 9. The van der Waals surface area contributed by atoms with E-state index in [2.05, 4.69) is 25.1 Å². The second-order valence-electron chi connectivity index (χ2n) is 6.79. The molecule has 0 spiro atoms. The number of ether oxygens (including phenoxy) is 1. The van der Waals surface area contributed by atoms with Gasteiger partial charge in [0.1, 0.15) is 23.1 Å². The number of methoxy groups -OCH3 is 1. The van der Waals surface area contributed by atoms with Crippen LogP contribution in [0.25, 0.3) is 22.3 Å². The van der Waals surface area contributed by atoms with Crippen LogP contribution in [0, 0.1) is 5.82 Å². The molecule has 10 nitrogen and oxygen atoms in total. The predicted molar refractivity (Wildman–Crippen MR) is 113 cm³/mol. The number of nitrogens with zero attached hydrogens (tertiary/aromatic N) is 5. The molecular formula is C19H18FN7O3S. The molecule has 0 aliphatic rings. The van der Waals surface area contributed by atoms with Crippen LogP contribution < -0.4 is 15.4 Å². The molecule has 0 bridgehead atoms. The van der Waals surface area contributed by atoms with Crippen LogP contribution in [0.2, 0.25) is 0 Å². The highest BCUT2D eigenvalue weighted by atomic mass is 32.2. The lowest BCUT2D eigenvalue weighted by Gasteiger charge is -2.19. The maximum atomic E-state index is 13.6. The molecule has 0 saturated heterocycles. The Morgan fingerprint density at radius 2 is 1.94 bits per heavy atom. The molecule has 0 unspecified atom stereocenters. The second-order valence-corrected chi connectivity index (χ2v) is 8.80. The fraction of sp³-hybridized carbons (Fsp3) is 0.158. The number of hydrogen-bond donors (Lipinski definition) is 2. The van der Waals surface area contributed by atoms with Crippen molar-refractivity contribution in [1.29, 1.82) is 0 Å². The highest BCUT2D eigenvalue weighted by Gasteiger charge is 2.18. The van der Waals surface area contributed by atoms with Crippen LogP contribution in [0.3, 0.4) is 0 Å². The molecule has 0 amide bonds. The Hall–Kier alpha value is -3.80. The number of anilines is 3. The number of rotatable bonds is 5. The first kappa shape index (κ1) is 20.5. The van der Waals surface area contributed by atoms with Gasteiger partial charge in [-0.2, -0.15) is 10.1 Å². The second kappa shape index (κ2) is 7.47. The third-order valence-corrected chi connectivity index (χ3v) is 5.75. The first-order valence-corrected chi connectivity index (χ1v) is 10.8. The van der Waals surface area contributed by atoms with Crippen molar-refractivity contribution in [3.63, 3.8) is 0 Å². The van der Waals surface area contributed by atoms with Crippen LogP contribution in [0.4, 0.5) is 21.8 Å². The number of aromatic nitrogens is 5. The molecule has 4 rings (SSSR count). The molecule has 1 aromatic carbocycles. The van der Waals surface area contributed by atoms with Crippen molar-refractivity contribution in [3.8, 4) is 17.0 Å². The van der Waals surface area contributed by atoms with Gasteiger partial charge in [-0.1, -0.05) is 0 Å². The summed E-state index contributed by atoms with van der Waals surface area (Å²) in [6.45, 7) is 0. The Morgan fingerprint density at radius 3 is 2.61 bits per heavy atom. The number of halogens is 1. The number of aromatic amines is 1. The van der Waals surface area contributed by atoms with E-state index in [1.165, 1.54) is 31.5 Å². The summed E-state index contributed by atoms with van der Waals surface area (Å²) in [5.41, 5.74) is 7.81. The molecular weight excluding hydrogens is 425 g/mol. The number of nitrogens with one attached hydrogen (secondary N) is 1. The average molecular weight is 443 g/mol. The molecule has 0 saturated carbocycles. The van der Waals surface area contributed by atoms with Crippen molar-refractivity contribution < 1.29 is 17.5 Å². The first-order valence-electron chi connectivity index (χ1n) is 8.92. The van der Waals surface area contributed by atoms with Crippen molar-refractivity contribution in [2.75, 3.05) is 31.0 Å². The van der Waals surface area contributed by atoms with Gasteiger partial charge in [-0.3, -0.25) is 5.10 Å². The summed E-state index contributed by atoms with van der Waals surface area (Å²) in [6.07, 6.45) is 3.66. The van der Waals surface area contributed by atoms with E-state index in [0.29, 0.717) is 33.7 Å². The predicted octanol–water partition coefficient (Wildman–Crippen LogP) is 2.32. The molecule has 0 aliphatic carbocycles. The summed E-state index contributed by atoms with van der Waals surface area (Å²) >= 11 is 0. The normalized spacial score (nSPS) is 11.6. The lowest BCUT2D eigenvalue weighted by molar-refractivity contribution is 0.413. The Morgan fingerprint density at radius 1 is 1.16 bits per heavy atom. The van der Waals surface area contributed by atoms with Crippen LogP contribution in [-0.4, -0.2) is 54.0 Å². The van der Waals surface area contributed by atoms with Crippen molar-refractivity contribution >= 4 is 38.3 Å². The minimum atomic E-state index is -3.46. The van der Waals surface area contributed by atoms with E-state index < -0.39 is 15.7 Å². The van der Waals surface area contributed by atoms with Crippen molar-refractivity contribution in [2.45, 2.75) is 4.90 Å². The number of nitrogens with two attached hydrogens (primary N) is 1. The number of H-pyrrole nitrogens is 1. The molecule has 160 valence electrons. The van der Waals surface area contributed by atoms with Gasteiger partial charge in [-0.15, -0.1) is 0 Å². The monoisotopic (exact) mass is 443 g/mol. The van der Waals surface area contributed by atoms with Crippen LogP contribution in [0.15, 0.2) is 41.6 Å². The zero-order valence-corrected chi connectivity index (χ0v) is 17.6. The molecule has 0 aliphatic heterocycles. The third-order valence-electron chi connectivity index (χ3n) is 4.66. The van der Waals surface area contributed by atoms with E-state index in [9.17, 15) is 12.8 Å². The van der Waals surface area contributed by atoms with E-state index in [-0.39, 0.29) is 16.7 Å². The molecule has 12 heteroatoms. The Kier molecular flexibility index (Phi) is 4.93. The van der Waals surface area contributed by atoms with Gasteiger partial charge in [0, 0.05) is 36.6 Å². The van der Waals surface area contributed by atoms with E-state index in [0.717, 1.165) is 12.5 Å². The summed E-state index contributed by atoms with van der Waals surface area (Å²) < 4.78 is 42.8. The summed E-state index contributed by atoms with van der Waals surface area (Å²) in [5.74, 6) is 0.191. The van der Waals surface area contributed by atoms with Gasteiger partial charge in [0.2, 0.25) is 5.95 Å². The van der Waals surface area contributed by atoms with Crippen molar-refractivity contribution in [1.82, 2.24) is 25.1 Å². The van der Waals surface area contributed by atoms with Crippen LogP contribution in [0.5, 0.6) is 5.75 Å². The number of benzene rings is 1. The lowest BCUT2D eigenvalue weighted by atomic mass is 10.1. The largest absolute Gasteiger partial charge is 0.497 e. The number of nitrogen functional groups attached to an aromatic ring is 1. The maximum absolute atomic E-state index is 13.6. The molecule has 4 aromatic rings. The first-order chi connectivity index (χ1) is 14.7. The SMILES string of the molecule is COc1cc(N(C)c2ncc(-c3n[nH]c4ncc(F)cc34)c(N)n2)cc(S(C)(=O)=O)c1. The van der Waals surface area contributed by atoms with Crippen molar-refractivity contribution in [2.24, 2.45) is 0 Å². The molecule has 3 aromatic heterocycles. The number of sulfone groups is 1. The lowest BCUT2D eigenvalue weighted by Crippen LogP contribution is -2.15. The molecule has 3 heterocycles. The van der Waals surface area contributed by atoms with Gasteiger partial charge >= 0.3 is 0 Å². The summed E-state index contributed by atoms with van der Waals surface area (Å²) in [6, 6.07) is 5.86. The van der Waals surface area contributed by atoms with Gasteiger partial charge in [0.15, 0.2) is 15.5 Å². The number of pyridine rings is 1. The molecule has 31 heavy (non-hydrogen) atoms. The van der Waals surface area contributed by atoms with Gasteiger partial charge in [-0.25, -0.2) is 22.8 Å². The fourth-order valence-electron chi connectivity index (χ4n) is 3.01. The molecule has 3 N–H and O–H groups in total. The molecule has 0 fully saturated rings. The smallest absolute Gasteiger partial charge is 0.231 e. The Labute approximate surface area is 176 Å². The van der Waals surface area contributed by atoms with E-state index >= 15 is 0 Å². The minimum Gasteiger partial charge on any atom is -0.497 e. The Balaban J connectivity index is 1.75. The van der Waals surface area contributed by atoms with Crippen LogP contribution in [0.1, 0.15) is 0 Å². The van der Waals surface area contributed by atoms with Crippen molar-refractivity contribution in [3.05, 3.63) is 42.5 Å². The topological polar surface area (TPSA) is 140 Å². The third kappa shape index (κ3) is 3.84. The molecule has 0 radical (unpaired) electrons. The highest BCUT2D eigenvalue weighted by Crippen LogP contribution is 2.32. The molecule has 0 atom stereocenters.